The van der Waals surface area contributed by atoms with E-state index >= 15 is 0 Å². The number of anilines is 1. The molecule has 0 fully saturated rings. The molecule has 0 aliphatic heterocycles. The van der Waals surface area contributed by atoms with Crippen LogP contribution in [0.1, 0.15) is 31.0 Å². The molecule has 0 bridgehead atoms. The van der Waals surface area contributed by atoms with Gasteiger partial charge in [-0.15, -0.1) is 0 Å². The number of carbonyl (C=O) groups excluding carboxylic acids is 2. The Kier molecular flexibility index (Phi) is 8.02. The third kappa shape index (κ3) is 5.82. The highest BCUT2D eigenvalue weighted by molar-refractivity contribution is 5.97. The second-order valence-electron chi connectivity index (χ2n) is 6.79. The van der Waals surface area contributed by atoms with Gasteiger partial charge in [-0.3, -0.25) is 15.0 Å². The Hall–Kier alpha value is -2.86. The van der Waals surface area contributed by atoms with E-state index in [2.05, 4.69) is 39.8 Å². The van der Waals surface area contributed by atoms with Crippen LogP contribution in [0.4, 0.5) is 10.5 Å². The van der Waals surface area contributed by atoms with Gasteiger partial charge in [0.1, 0.15) is 6.04 Å². The molecule has 0 saturated heterocycles. The van der Waals surface area contributed by atoms with E-state index in [1.165, 1.54) is 0 Å². The largest absolute Gasteiger partial charge is 0.378 e. The predicted octanol–water partition coefficient (Wildman–Crippen LogP) is 3.16. The topological polar surface area (TPSA) is 64.7 Å². The number of benzene rings is 2. The molecule has 150 valence electrons. The molecule has 2 aromatic rings. The van der Waals surface area contributed by atoms with E-state index in [-0.39, 0.29) is 5.91 Å². The maximum atomic E-state index is 12.9. The molecule has 0 heterocycles. The predicted molar refractivity (Wildman–Crippen MR) is 113 cm³/mol. The lowest BCUT2D eigenvalue weighted by atomic mass is 10.0. The fourth-order valence-electron chi connectivity index (χ4n) is 3.07. The number of imide groups is 1. The SMILES string of the molecule is CCNC(=O)NC(=O)[C@H](c1ccccc1)N(CC)Cc1ccc(N(C)C)cc1. The summed E-state index contributed by atoms with van der Waals surface area (Å²) in [5, 5.41) is 5.08. The van der Waals surface area contributed by atoms with Crippen LogP contribution in [-0.2, 0) is 11.3 Å². The van der Waals surface area contributed by atoms with Crippen LogP contribution in [-0.4, -0.2) is 44.0 Å². The minimum Gasteiger partial charge on any atom is -0.378 e. The van der Waals surface area contributed by atoms with Crippen molar-refractivity contribution >= 4 is 17.6 Å². The van der Waals surface area contributed by atoms with Crippen LogP contribution in [0.25, 0.3) is 0 Å². The van der Waals surface area contributed by atoms with Crippen LogP contribution in [0.15, 0.2) is 54.6 Å². The number of hydrogen-bond donors (Lipinski definition) is 2. The summed E-state index contributed by atoms with van der Waals surface area (Å²) in [4.78, 5) is 28.9. The zero-order valence-electron chi connectivity index (χ0n) is 17.1. The molecule has 3 amide bonds. The van der Waals surface area contributed by atoms with Crippen molar-refractivity contribution in [3.63, 3.8) is 0 Å². The van der Waals surface area contributed by atoms with Gasteiger partial charge in [0.2, 0.25) is 5.91 Å². The summed E-state index contributed by atoms with van der Waals surface area (Å²) in [7, 11) is 4.01. The number of nitrogens with one attached hydrogen (secondary N) is 2. The Balaban J connectivity index is 2.26. The average molecular weight is 383 g/mol. The van der Waals surface area contributed by atoms with Crippen LogP contribution in [0, 0.1) is 0 Å². The zero-order valence-corrected chi connectivity index (χ0v) is 17.1. The molecule has 28 heavy (non-hydrogen) atoms. The lowest BCUT2D eigenvalue weighted by Gasteiger charge is -2.30. The molecule has 2 rings (SSSR count). The van der Waals surface area contributed by atoms with Gasteiger partial charge in [0, 0.05) is 32.9 Å². The lowest BCUT2D eigenvalue weighted by molar-refractivity contribution is -0.125. The second-order valence-corrected chi connectivity index (χ2v) is 6.79. The molecular weight excluding hydrogens is 352 g/mol. The van der Waals surface area contributed by atoms with Gasteiger partial charge in [-0.2, -0.15) is 0 Å². The number of likely N-dealkylation sites (N-methyl/N-ethyl adjacent to an activating group) is 1. The highest BCUT2D eigenvalue weighted by Crippen LogP contribution is 2.24. The third-order valence-corrected chi connectivity index (χ3v) is 4.55. The van der Waals surface area contributed by atoms with E-state index in [0.29, 0.717) is 19.6 Å². The molecule has 1 atom stereocenters. The summed E-state index contributed by atoms with van der Waals surface area (Å²) < 4.78 is 0. The Labute approximate surface area is 167 Å². The van der Waals surface area contributed by atoms with Gasteiger partial charge in [-0.1, -0.05) is 49.4 Å². The Bertz CT molecular complexity index is 760. The zero-order chi connectivity index (χ0) is 20.5. The van der Waals surface area contributed by atoms with Crippen LogP contribution in [0.2, 0.25) is 0 Å². The molecule has 0 spiro atoms. The van der Waals surface area contributed by atoms with E-state index in [4.69, 9.17) is 0 Å². The summed E-state index contributed by atoms with van der Waals surface area (Å²) in [6.45, 7) is 5.56. The first-order valence-electron chi connectivity index (χ1n) is 9.60. The van der Waals surface area contributed by atoms with Crippen LogP contribution in [0.3, 0.4) is 0 Å². The molecule has 6 nitrogen and oxygen atoms in total. The van der Waals surface area contributed by atoms with Crippen molar-refractivity contribution < 1.29 is 9.59 Å². The minimum absolute atomic E-state index is 0.330. The normalized spacial score (nSPS) is 11.8. The first-order valence-corrected chi connectivity index (χ1v) is 9.60. The summed E-state index contributed by atoms with van der Waals surface area (Å²) in [6, 6.07) is 16.8. The molecule has 0 saturated carbocycles. The van der Waals surface area contributed by atoms with E-state index in [1.807, 2.05) is 63.2 Å². The van der Waals surface area contributed by atoms with E-state index in [1.54, 1.807) is 0 Å². The van der Waals surface area contributed by atoms with Crippen molar-refractivity contribution in [3.05, 3.63) is 65.7 Å². The summed E-state index contributed by atoms with van der Waals surface area (Å²) in [6.07, 6.45) is 0. The highest BCUT2D eigenvalue weighted by atomic mass is 16.2. The number of nitrogens with zero attached hydrogens (tertiary/aromatic N) is 2. The fourth-order valence-corrected chi connectivity index (χ4v) is 3.07. The smallest absolute Gasteiger partial charge is 0.321 e. The second kappa shape index (κ2) is 10.5. The number of carbonyl (C=O) groups is 2. The first-order chi connectivity index (χ1) is 13.5. The average Bonchev–Trinajstić information content (AvgIpc) is 2.68. The third-order valence-electron chi connectivity index (χ3n) is 4.55. The van der Waals surface area contributed by atoms with Gasteiger partial charge < -0.3 is 10.2 Å². The molecule has 2 aromatic carbocycles. The molecule has 0 radical (unpaired) electrons. The van der Waals surface area contributed by atoms with Crippen molar-refractivity contribution in [2.45, 2.75) is 26.4 Å². The quantitative estimate of drug-likeness (QED) is 0.736. The lowest BCUT2D eigenvalue weighted by Crippen LogP contribution is -2.46. The highest BCUT2D eigenvalue weighted by Gasteiger charge is 2.28. The van der Waals surface area contributed by atoms with Gasteiger partial charge >= 0.3 is 6.03 Å². The van der Waals surface area contributed by atoms with Crippen LogP contribution < -0.4 is 15.5 Å². The van der Waals surface area contributed by atoms with E-state index < -0.39 is 12.1 Å². The van der Waals surface area contributed by atoms with Gasteiger partial charge in [-0.25, -0.2) is 4.79 Å². The molecule has 0 aliphatic carbocycles. The molecule has 0 aliphatic rings. The van der Waals surface area contributed by atoms with Crippen molar-refractivity contribution in [2.75, 3.05) is 32.1 Å². The molecule has 2 N–H and O–H groups in total. The molecule has 0 aromatic heterocycles. The van der Waals surface area contributed by atoms with Gasteiger partial charge in [0.15, 0.2) is 0 Å². The minimum atomic E-state index is -0.553. The van der Waals surface area contributed by atoms with E-state index in [0.717, 1.165) is 16.8 Å². The molecular formula is C22H30N4O2. The van der Waals surface area contributed by atoms with Crippen LogP contribution in [0.5, 0.6) is 0 Å². The van der Waals surface area contributed by atoms with Crippen LogP contribution >= 0.6 is 0 Å². The standard InChI is InChI=1S/C22H30N4O2/c1-5-23-22(28)24-21(27)20(18-10-8-7-9-11-18)26(6-2)16-17-12-14-19(15-13-17)25(3)4/h7-15,20H,5-6,16H2,1-4H3,(H2,23,24,27,28)/t20-/m0/s1. The maximum Gasteiger partial charge on any atom is 0.321 e. The summed E-state index contributed by atoms with van der Waals surface area (Å²) >= 11 is 0. The Morgan fingerprint density at radius 1 is 0.964 bits per heavy atom. The first kappa shape index (κ1) is 21.4. The number of rotatable bonds is 8. The van der Waals surface area contributed by atoms with Crippen molar-refractivity contribution in [3.8, 4) is 0 Å². The fraction of sp³-hybridized carbons (Fsp3) is 0.364. The van der Waals surface area contributed by atoms with Gasteiger partial charge in [-0.05, 0) is 36.7 Å². The summed E-state index contributed by atoms with van der Waals surface area (Å²) in [5.74, 6) is -0.330. The molecule has 0 unspecified atom stereocenters. The van der Waals surface area contributed by atoms with E-state index in [9.17, 15) is 9.59 Å². The van der Waals surface area contributed by atoms with Gasteiger partial charge in [0.05, 0.1) is 0 Å². The summed E-state index contributed by atoms with van der Waals surface area (Å²) in [5.41, 5.74) is 3.09. The number of hydrogen-bond acceptors (Lipinski definition) is 4. The van der Waals surface area contributed by atoms with Crippen molar-refractivity contribution in [1.29, 1.82) is 0 Å². The Morgan fingerprint density at radius 2 is 1.61 bits per heavy atom. The number of urea groups is 1. The Morgan fingerprint density at radius 3 is 2.14 bits per heavy atom. The molecule has 6 heteroatoms. The van der Waals surface area contributed by atoms with Crippen molar-refractivity contribution in [2.24, 2.45) is 0 Å². The van der Waals surface area contributed by atoms with Crippen molar-refractivity contribution in [1.82, 2.24) is 15.5 Å². The monoisotopic (exact) mass is 382 g/mol. The maximum absolute atomic E-state index is 12.9. The number of amides is 3. The van der Waals surface area contributed by atoms with Gasteiger partial charge in [0.25, 0.3) is 0 Å².